The van der Waals surface area contributed by atoms with E-state index in [4.69, 9.17) is 0 Å². The van der Waals surface area contributed by atoms with E-state index in [9.17, 15) is 4.79 Å². The molecule has 1 aromatic carbocycles. The number of hydrogen-bond donors (Lipinski definition) is 1. The molecule has 3 aromatic rings. The van der Waals surface area contributed by atoms with Gasteiger partial charge in [-0.1, -0.05) is 18.2 Å². The van der Waals surface area contributed by atoms with Gasteiger partial charge in [0.2, 0.25) is 0 Å². The van der Waals surface area contributed by atoms with Crippen molar-refractivity contribution in [3.8, 4) is 0 Å². The molecule has 7 nitrogen and oxygen atoms in total. The summed E-state index contributed by atoms with van der Waals surface area (Å²) in [5.74, 6) is 1.53. The summed E-state index contributed by atoms with van der Waals surface area (Å²) in [5, 5.41) is 2.92. The third-order valence-electron chi connectivity index (χ3n) is 5.30. The largest absolute Gasteiger partial charge is 0.353 e. The first-order valence-corrected chi connectivity index (χ1v) is 9.72. The highest BCUT2D eigenvalue weighted by Crippen LogP contribution is 2.19. The molecule has 3 heterocycles. The van der Waals surface area contributed by atoms with Gasteiger partial charge in [0.15, 0.2) is 0 Å². The monoisotopic (exact) mass is 388 g/mol. The zero-order valence-electron chi connectivity index (χ0n) is 16.7. The molecule has 0 bridgehead atoms. The maximum Gasteiger partial charge on any atom is 0.275 e. The van der Waals surface area contributed by atoms with Crippen LogP contribution < -0.4 is 15.1 Å². The van der Waals surface area contributed by atoms with Gasteiger partial charge in [-0.15, -0.1) is 0 Å². The molecule has 0 saturated carbocycles. The lowest BCUT2D eigenvalue weighted by Crippen LogP contribution is -2.47. The summed E-state index contributed by atoms with van der Waals surface area (Å²) in [4.78, 5) is 30.2. The molecule has 2 aromatic heterocycles. The minimum absolute atomic E-state index is 0.252. The Kier molecular flexibility index (Phi) is 5.37. The van der Waals surface area contributed by atoms with Crippen LogP contribution in [0.1, 0.15) is 21.6 Å². The standard InChI is InChI=1S/C22H24N6O/c1-16-6-5-7-18(17(16)2)26-22(29)19-14-25-21(15-24-19)28-12-10-27(11-13-28)20-8-3-4-9-23-20/h3-9,14-15H,10-13H2,1-2H3,(H,26,29). The van der Waals surface area contributed by atoms with Crippen molar-refractivity contribution in [3.05, 3.63) is 71.8 Å². The number of aryl methyl sites for hydroxylation is 1. The molecule has 29 heavy (non-hydrogen) atoms. The predicted octanol–water partition coefficient (Wildman–Crippen LogP) is 3.07. The highest BCUT2D eigenvalue weighted by molar-refractivity contribution is 6.03. The summed E-state index contributed by atoms with van der Waals surface area (Å²) < 4.78 is 0. The highest BCUT2D eigenvalue weighted by Gasteiger charge is 2.20. The van der Waals surface area contributed by atoms with Gasteiger partial charge in [0.1, 0.15) is 17.3 Å². The van der Waals surface area contributed by atoms with Crippen LogP contribution in [0.25, 0.3) is 0 Å². The van der Waals surface area contributed by atoms with Crippen LogP contribution in [0.15, 0.2) is 55.0 Å². The molecule has 1 N–H and O–H groups in total. The van der Waals surface area contributed by atoms with Crippen molar-refractivity contribution >= 4 is 23.2 Å². The number of aromatic nitrogens is 3. The Bertz CT molecular complexity index is 982. The predicted molar refractivity (Wildman–Crippen MR) is 115 cm³/mol. The van der Waals surface area contributed by atoms with E-state index in [0.29, 0.717) is 5.69 Å². The van der Waals surface area contributed by atoms with Gasteiger partial charge in [-0.05, 0) is 43.2 Å². The van der Waals surface area contributed by atoms with E-state index < -0.39 is 0 Å². The van der Waals surface area contributed by atoms with E-state index in [-0.39, 0.29) is 5.91 Å². The first-order chi connectivity index (χ1) is 14.1. The summed E-state index contributed by atoms with van der Waals surface area (Å²) in [5.41, 5.74) is 3.29. The van der Waals surface area contributed by atoms with E-state index in [2.05, 4.69) is 30.1 Å². The van der Waals surface area contributed by atoms with Gasteiger partial charge < -0.3 is 15.1 Å². The number of nitrogens with one attached hydrogen (secondary N) is 1. The van der Waals surface area contributed by atoms with Crippen LogP contribution >= 0.6 is 0 Å². The first kappa shape index (κ1) is 18.9. The summed E-state index contributed by atoms with van der Waals surface area (Å²) in [7, 11) is 0. The highest BCUT2D eigenvalue weighted by atomic mass is 16.1. The van der Waals surface area contributed by atoms with E-state index in [0.717, 1.165) is 54.6 Å². The number of benzene rings is 1. The van der Waals surface area contributed by atoms with Crippen molar-refractivity contribution < 1.29 is 4.79 Å². The van der Waals surface area contributed by atoms with Gasteiger partial charge in [0.25, 0.3) is 5.91 Å². The zero-order chi connectivity index (χ0) is 20.2. The molecule has 0 spiro atoms. The molecule has 148 valence electrons. The number of carbonyl (C=O) groups is 1. The van der Waals surface area contributed by atoms with E-state index in [1.807, 2.05) is 56.4 Å². The van der Waals surface area contributed by atoms with Crippen LogP contribution in [0.4, 0.5) is 17.3 Å². The second kappa shape index (κ2) is 8.26. The molecule has 0 radical (unpaired) electrons. The second-order valence-electron chi connectivity index (χ2n) is 7.12. The topological polar surface area (TPSA) is 74.2 Å². The number of rotatable bonds is 4. The zero-order valence-corrected chi connectivity index (χ0v) is 16.7. The van der Waals surface area contributed by atoms with Crippen LogP contribution in [-0.4, -0.2) is 47.0 Å². The van der Waals surface area contributed by atoms with Gasteiger partial charge in [-0.3, -0.25) is 4.79 Å². The number of amides is 1. The lowest BCUT2D eigenvalue weighted by atomic mass is 10.1. The van der Waals surface area contributed by atoms with Crippen molar-refractivity contribution in [2.75, 3.05) is 41.3 Å². The minimum atomic E-state index is -0.252. The van der Waals surface area contributed by atoms with Crippen LogP contribution in [0, 0.1) is 13.8 Å². The van der Waals surface area contributed by atoms with Gasteiger partial charge in [0, 0.05) is 38.1 Å². The lowest BCUT2D eigenvalue weighted by molar-refractivity contribution is 0.102. The molecule has 0 unspecified atom stereocenters. The van der Waals surface area contributed by atoms with Crippen LogP contribution in [0.3, 0.4) is 0 Å². The average Bonchev–Trinajstić information content (AvgIpc) is 2.78. The Morgan fingerprint density at radius 3 is 2.28 bits per heavy atom. The number of nitrogens with zero attached hydrogens (tertiary/aromatic N) is 5. The number of carbonyl (C=O) groups excluding carboxylic acids is 1. The quantitative estimate of drug-likeness (QED) is 0.740. The first-order valence-electron chi connectivity index (χ1n) is 9.72. The fourth-order valence-corrected chi connectivity index (χ4v) is 3.38. The van der Waals surface area contributed by atoms with Crippen molar-refractivity contribution in [2.45, 2.75) is 13.8 Å². The summed E-state index contributed by atoms with van der Waals surface area (Å²) >= 11 is 0. The Hall–Kier alpha value is -3.48. The Morgan fingerprint density at radius 1 is 0.862 bits per heavy atom. The molecule has 0 aliphatic carbocycles. The van der Waals surface area contributed by atoms with Gasteiger partial charge >= 0.3 is 0 Å². The Balaban J connectivity index is 1.38. The van der Waals surface area contributed by atoms with Crippen LogP contribution in [-0.2, 0) is 0 Å². The van der Waals surface area contributed by atoms with Crippen molar-refractivity contribution in [3.63, 3.8) is 0 Å². The number of pyridine rings is 1. The lowest BCUT2D eigenvalue weighted by Gasteiger charge is -2.35. The molecular weight excluding hydrogens is 364 g/mol. The molecule has 7 heteroatoms. The normalized spacial score (nSPS) is 14.0. The summed E-state index contributed by atoms with van der Waals surface area (Å²) in [6.45, 7) is 7.41. The fraction of sp³-hybridized carbons (Fsp3) is 0.273. The van der Waals surface area contributed by atoms with E-state index in [1.165, 1.54) is 0 Å². The van der Waals surface area contributed by atoms with Crippen LogP contribution in [0.2, 0.25) is 0 Å². The molecular formula is C22H24N6O. The molecule has 1 aliphatic heterocycles. The second-order valence-corrected chi connectivity index (χ2v) is 7.12. The Morgan fingerprint density at radius 2 is 1.62 bits per heavy atom. The number of piperazine rings is 1. The molecule has 4 rings (SSSR count). The summed E-state index contributed by atoms with van der Waals surface area (Å²) in [6, 6.07) is 11.8. The molecule has 1 saturated heterocycles. The van der Waals surface area contributed by atoms with Gasteiger partial charge in [-0.2, -0.15) is 0 Å². The maximum atomic E-state index is 12.5. The van der Waals surface area contributed by atoms with Gasteiger partial charge in [0.05, 0.1) is 12.4 Å². The van der Waals surface area contributed by atoms with E-state index in [1.54, 1.807) is 12.4 Å². The smallest absolute Gasteiger partial charge is 0.275 e. The Labute approximate surface area is 170 Å². The SMILES string of the molecule is Cc1cccc(NC(=O)c2cnc(N3CCN(c4ccccn4)CC3)cn2)c1C. The molecule has 1 fully saturated rings. The molecule has 1 amide bonds. The van der Waals surface area contributed by atoms with Crippen molar-refractivity contribution in [1.82, 2.24) is 15.0 Å². The van der Waals surface area contributed by atoms with Gasteiger partial charge in [-0.25, -0.2) is 15.0 Å². The number of anilines is 3. The summed E-state index contributed by atoms with van der Waals surface area (Å²) in [6.07, 6.45) is 5.03. The average molecular weight is 388 g/mol. The maximum absolute atomic E-state index is 12.5. The minimum Gasteiger partial charge on any atom is -0.353 e. The fourth-order valence-electron chi connectivity index (χ4n) is 3.38. The third-order valence-corrected chi connectivity index (χ3v) is 5.30. The van der Waals surface area contributed by atoms with Crippen molar-refractivity contribution in [2.24, 2.45) is 0 Å². The third kappa shape index (κ3) is 4.18. The molecule has 1 aliphatic rings. The number of hydrogen-bond acceptors (Lipinski definition) is 6. The van der Waals surface area contributed by atoms with E-state index >= 15 is 0 Å². The van der Waals surface area contributed by atoms with Crippen LogP contribution in [0.5, 0.6) is 0 Å². The molecule has 0 atom stereocenters. The van der Waals surface area contributed by atoms with Crippen molar-refractivity contribution in [1.29, 1.82) is 0 Å².